The molecule has 1 N–H and O–H groups in total. The number of hydrogen-bond donors (Lipinski definition) is 1. The average Bonchev–Trinajstić information content (AvgIpc) is 2.95. The smallest absolute Gasteiger partial charge is 0.138 e. The first kappa shape index (κ1) is 14.0. The van der Waals surface area contributed by atoms with Crippen LogP contribution in [-0.4, -0.2) is 75.9 Å². The van der Waals surface area contributed by atoms with Crippen LogP contribution in [0.1, 0.15) is 19.7 Å². The topological polar surface area (TPSA) is 49.2 Å². The monoisotopic (exact) mass is 278 g/mol. The Labute approximate surface area is 121 Å². The summed E-state index contributed by atoms with van der Waals surface area (Å²) in [7, 11) is 0. The van der Waals surface area contributed by atoms with E-state index in [0.717, 1.165) is 25.3 Å². The number of nitrogens with zero attached hydrogens (tertiary/aromatic N) is 5. The van der Waals surface area contributed by atoms with Crippen LogP contribution in [0.4, 0.5) is 0 Å². The number of piperazine rings is 3. The first-order valence-corrected chi connectivity index (χ1v) is 7.88. The van der Waals surface area contributed by atoms with Crippen molar-refractivity contribution in [1.29, 1.82) is 0 Å². The molecule has 6 nitrogen and oxygen atoms in total. The summed E-state index contributed by atoms with van der Waals surface area (Å²) in [5.41, 5.74) is 0. The van der Waals surface area contributed by atoms with Gasteiger partial charge in [-0.2, -0.15) is 5.10 Å². The molecule has 6 heteroatoms. The minimum atomic E-state index is 0.470. The first-order valence-electron chi connectivity index (χ1n) is 7.88. The second-order valence-corrected chi connectivity index (χ2v) is 5.76. The molecule has 0 saturated carbocycles. The molecule has 2 unspecified atom stereocenters. The molecular weight excluding hydrogens is 252 g/mol. The van der Waals surface area contributed by atoms with Gasteiger partial charge in [0.2, 0.25) is 0 Å². The molecule has 3 fully saturated rings. The molecule has 1 aromatic heterocycles. The standard InChI is InChI=1S/C14H26N6/c1-3-15-12(9-14-16-11-17-20(14)4-2)13-10-18-5-7-19(13)8-6-18/h11-13,15H,3-10H2,1-2H3. The minimum absolute atomic E-state index is 0.470. The third-order valence-corrected chi connectivity index (χ3v) is 4.65. The van der Waals surface area contributed by atoms with E-state index in [1.807, 2.05) is 4.68 Å². The Morgan fingerprint density at radius 1 is 1.30 bits per heavy atom. The van der Waals surface area contributed by atoms with Crippen LogP contribution in [-0.2, 0) is 13.0 Å². The Hall–Kier alpha value is -0.980. The molecule has 112 valence electrons. The molecule has 3 aliphatic heterocycles. The third-order valence-electron chi connectivity index (χ3n) is 4.65. The molecule has 2 atom stereocenters. The highest BCUT2D eigenvalue weighted by molar-refractivity contribution is 5.00. The lowest BCUT2D eigenvalue weighted by molar-refractivity contribution is -0.00329. The predicted molar refractivity (Wildman–Crippen MR) is 78.7 cm³/mol. The van der Waals surface area contributed by atoms with Gasteiger partial charge in [-0.25, -0.2) is 4.98 Å². The van der Waals surface area contributed by atoms with Gasteiger partial charge in [0.1, 0.15) is 12.2 Å². The van der Waals surface area contributed by atoms with Crippen molar-refractivity contribution in [3.63, 3.8) is 0 Å². The summed E-state index contributed by atoms with van der Waals surface area (Å²) in [4.78, 5) is 9.70. The van der Waals surface area contributed by atoms with E-state index in [1.165, 1.54) is 32.7 Å². The van der Waals surface area contributed by atoms with Gasteiger partial charge in [0, 0.05) is 57.8 Å². The van der Waals surface area contributed by atoms with E-state index >= 15 is 0 Å². The maximum Gasteiger partial charge on any atom is 0.138 e. The van der Waals surface area contributed by atoms with Crippen molar-refractivity contribution in [2.24, 2.45) is 0 Å². The summed E-state index contributed by atoms with van der Waals surface area (Å²) in [6.07, 6.45) is 2.65. The third kappa shape index (κ3) is 2.73. The molecule has 4 rings (SSSR count). The van der Waals surface area contributed by atoms with Gasteiger partial charge in [0.15, 0.2) is 0 Å². The van der Waals surface area contributed by atoms with Crippen molar-refractivity contribution in [2.45, 2.75) is 38.9 Å². The highest BCUT2D eigenvalue weighted by atomic mass is 15.4. The number of aromatic nitrogens is 3. The Bertz CT molecular complexity index is 423. The zero-order valence-corrected chi connectivity index (χ0v) is 12.6. The van der Waals surface area contributed by atoms with Crippen molar-refractivity contribution in [3.8, 4) is 0 Å². The SMILES string of the molecule is CCNC(Cc1ncnn1CC)C1CN2CCN1CC2. The normalized spacial score (nSPS) is 30.6. The summed E-state index contributed by atoms with van der Waals surface area (Å²) in [5.74, 6) is 1.11. The van der Waals surface area contributed by atoms with Crippen LogP contribution in [0.5, 0.6) is 0 Å². The van der Waals surface area contributed by atoms with E-state index < -0.39 is 0 Å². The molecule has 3 aliphatic rings. The maximum absolute atomic E-state index is 4.45. The van der Waals surface area contributed by atoms with Crippen LogP contribution >= 0.6 is 0 Å². The van der Waals surface area contributed by atoms with E-state index in [0.29, 0.717) is 12.1 Å². The van der Waals surface area contributed by atoms with Gasteiger partial charge >= 0.3 is 0 Å². The molecule has 20 heavy (non-hydrogen) atoms. The van der Waals surface area contributed by atoms with Crippen molar-refractivity contribution in [3.05, 3.63) is 12.2 Å². The Kier molecular flexibility index (Phi) is 4.33. The van der Waals surface area contributed by atoms with Gasteiger partial charge in [0.25, 0.3) is 0 Å². The summed E-state index contributed by atoms with van der Waals surface area (Å²) in [6.45, 7) is 12.3. The van der Waals surface area contributed by atoms with Gasteiger partial charge < -0.3 is 5.32 Å². The van der Waals surface area contributed by atoms with E-state index in [-0.39, 0.29) is 0 Å². The minimum Gasteiger partial charge on any atom is -0.312 e. The molecule has 0 aliphatic carbocycles. The lowest BCUT2D eigenvalue weighted by Gasteiger charge is -2.50. The number of aryl methyl sites for hydroxylation is 1. The second-order valence-electron chi connectivity index (χ2n) is 5.76. The fraction of sp³-hybridized carbons (Fsp3) is 0.857. The average molecular weight is 278 g/mol. The molecular formula is C14H26N6. The van der Waals surface area contributed by atoms with E-state index in [2.05, 4.69) is 39.0 Å². The van der Waals surface area contributed by atoms with Crippen LogP contribution in [0.2, 0.25) is 0 Å². The fourth-order valence-corrected chi connectivity index (χ4v) is 3.55. The largest absolute Gasteiger partial charge is 0.312 e. The van der Waals surface area contributed by atoms with Crippen LogP contribution in [0, 0.1) is 0 Å². The predicted octanol–water partition coefficient (Wildman–Crippen LogP) is -0.182. The van der Waals surface area contributed by atoms with Crippen LogP contribution in [0.3, 0.4) is 0 Å². The van der Waals surface area contributed by atoms with E-state index in [4.69, 9.17) is 0 Å². The van der Waals surface area contributed by atoms with Crippen molar-refractivity contribution < 1.29 is 0 Å². The molecule has 0 spiro atoms. The van der Waals surface area contributed by atoms with E-state index in [9.17, 15) is 0 Å². The molecule has 4 heterocycles. The lowest BCUT2D eigenvalue weighted by atomic mass is 9.97. The lowest BCUT2D eigenvalue weighted by Crippen LogP contribution is -2.66. The fourth-order valence-electron chi connectivity index (χ4n) is 3.55. The van der Waals surface area contributed by atoms with Crippen molar-refractivity contribution >= 4 is 0 Å². The molecule has 3 saturated heterocycles. The number of rotatable bonds is 6. The van der Waals surface area contributed by atoms with Gasteiger partial charge in [-0.05, 0) is 13.5 Å². The number of nitrogens with one attached hydrogen (secondary N) is 1. The van der Waals surface area contributed by atoms with Crippen molar-refractivity contribution in [1.82, 2.24) is 29.9 Å². The Morgan fingerprint density at radius 2 is 2.10 bits per heavy atom. The summed E-state index contributed by atoms with van der Waals surface area (Å²) < 4.78 is 2.01. The highest BCUT2D eigenvalue weighted by Crippen LogP contribution is 2.20. The maximum atomic E-state index is 4.45. The Balaban J connectivity index is 1.72. The molecule has 0 amide bonds. The van der Waals surface area contributed by atoms with E-state index in [1.54, 1.807) is 6.33 Å². The van der Waals surface area contributed by atoms with Crippen LogP contribution < -0.4 is 5.32 Å². The van der Waals surface area contributed by atoms with Gasteiger partial charge in [-0.1, -0.05) is 6.92 Å². The van der Waals surface area contributed by atoms with Gasteiger partial charge in [-0.3, -0.25) is 14.5 Å². The summed E-state index contributed by atoms with van der Waals surface area (Å²) >= 11 is 0. The Morgan fingerprint density at radius 3 is 2.70 bits per heavy atom. The van der Waals surface area contributed by atoms with Crippen molar-refractivity contribution in [2.75, 3.05) is 39.3 Å². The number of fused-ring (bicyclic) bond motifs is 3. The van der Waals surface area contributed by atoms with Crippen LogP contribution in [0.25, 0.3) is 0 Å². The quantitative estimate of drug-likeness (QED) is 0.782. The first-order chi connectivity index (χ1) is 9.81. The summed E-state index contributed by atoms with van der Waals surface area (Å²) in [5, 5.41) is 7.97. The zero-order valence-electron chi connectivity index (χ0n) is 12.6. The molecule has 1 aromatic rings. The van der Waals surface area contributed by atoms with Crippen LogP contribution in [0.15, 0.2) is 6.33 Å². The molecule has 0 radical (unpaired) electrons. The highest BCUT2D eigenvalue weighted by Gasteiger charge is 2.36. The summed E-state index contributed by atoms with van der Waals surface area (Å²) in [6, 6.07) is 1.08. The molecule has 2 bridgehead atoms. The number of hydrogen-bond acceptors (Lipinski definition) is 5. The number of likely N-dealkylation sites (N-methyl/N-ethyl adjacent to an activating group) is 1. The van der Waals surface area contributed by atoms with Gasteiger partial charge in [-0.15, -0.1) is 0 Å². The zero-order chi connectivity index (χ0) is 13.9. The molecule has 0 aromatic carbocycles. The van der Waals surface area contributed by atoms with Gasteiger partial charge in [0.05, 0.1) is 0 Å². The second kappa shape index (κ2) is 6.20.